The number of rotatable bonds is 6. The van der Waals surface area contributed by atoms with Crippen LogP contribution in [0, 0.1) is 0 Å². The maximum Gasteiger partial charge on any atom is 0.191 e. The minimum atomic E-state index is -3.43. The molecule has 4 nitrogen and oxygen atoms in total. The fourth-order valence-corrected chi connectivity index (χ4v) is 4.31. The van der Waals surface area contributed by atoms with E-state index in [0.717, 1.165) is 29.3 Å². The third-order valence-corrected chi connectivity index (χ3v) is 5.82. The number of hydrogen-bond acceptors (Lipinski definition) is 3. The highest BCUT2D eigenvalue weighted by molar-refractivity contribution is 7.88. The summed E-state index contributed by atoms with van der Waals surface area (Å²) < 4.78 is 27.6. The van der Waals surface area contributed by atoms with Crippen molar-refractivity contribution in [2.75, 3.05) is 25.5 Å². The van der Waals surface area contributed by atoms with Crippen LogP contribution in [0.15, 0.2) is 76.0 Å². The van der Waals surface area contributed by atoms with Gasteiger partial charge >= 0.3 is 0 Å². The smallest absolute Gasteiger partial charge is 0.191 e. The number of anilines is 1. The zero-order valence-electron chi connectivity index (χ0n) is 15.1. The van der Waals surface area contributed by atoms with Gasteiger partial charge in [-0.05, 0) is 30.5 Å². The van der Waals surface area contributed by atoms with Gasteiger partial charge < -0.3 is 4.90 Å². The molecule has 0 spiro atoms. The number of aryl methyl sites for hydroxylation is 1. The van der Waals surface area contributed by atoms with Crippen molar-refractivity contribution >= 4 is 26.5 Å². The van der Waals surface area contributed by atoms with E-state index in [1.54, 1.807) is 6.07 Å². The molecule has 3 aromatic carbocycles. The Bertz CT molecular complexity index is 1010. The van der Waals surface area contributed by atoms with Gasteiger partial charge in [-0.1, -0.05) is 54.6 Å². The van der Waals surface area contributed by atoms with Crippen molar-refractivity contribution in [3.05, 3.63) is 72.3 Å². The highest BCUT2D eigenvalue weighted by Crippen LogP contribution is 2.30. The zero-order chi connectivity index (χ0) is 18.6. The molecule has 0 aliphatic carbocycles. The first kappa shape index (κ1) is 18.4. The summed E-state index contributed by atoms with van der Waals surface area (Å²) in [5.41, 5.74) is 2.23. The Balaban J connectivity index is 1.87. The molecule has 26 heavy (non-hydrogen) atoms. The lowest BCUT2D eigenvalue weighted by molar-refractivity contribution is 0.549. The third-order valence-electron chi connectivity index (χ3n) is 4.36. The molecule has 1 unspecified atom stereocenters. The number of fused-ring (bicyclic) bond motifs is 1. The van der Waals surface area contributed by atoms with Crippen LogP contribution in [-0.4, -0.2) is 29.4 Å². The number of benzene rings is 3. The summed E-state index contributed by atoms with van der Waals surface area (Å²) in [7, 11) is 0.501. The molecule has 3 rings (SSSR count). The van der Waals surface area contributed by atoms with Crippen molar-refractivity contribution in [1.82, 2.24) is 0 Å². The predicted molar refractivity (Wildman–Crippen MR) is 109 cm³/mol. The topological polar surface area (TPSA) is 52.9 Å². The standard InChI is InChI=1S/C21H24N2O2S/c1-23(2)20-14-6-13-19-18(20)12-7-15-21(19)26(24,25)22-16-8-11-17-9-4-3-5-10-17/h3-7,9-10,12-15H,8,11,16H2,1-2H3,(H,22,24,25). The lowest BCUT2D eigenvalue weighted by Gasteiger charge is -2.16. The van der Waals surface area contributed by atoms with Gasteiger partial charge in [0.15, 0.2) is 10.0 Å². The summed E-state index contributed by atoms with van der Waals surface area (Å²) in [5, 5.41) is 1.73. The van der Waals surface area contributed by atoms with E-state index >= 15 is 0 Å². The lowest BCUT2D eigenvalue weighted by Crippen LogP contribution is -2.09. The number of nitrogens with zero attached hydrogens (tertiary/aromatic N) is 2. The van der Waals surface area contributed by atoms with Gasteiger partial charge in [0.25, 0.3) is 0 Å². The predicted octanol–water partition coefficient (Wildman–Crippen LogP) is 4.84. The molecule has 5 heteroatoms. The van der Waals surface area contributed by atoms with E-state index in [1.165, 1.54) is 5.56 Å². The molecule has 0 bridgehead atoms. The minimum absolute atomic E-state index is 0.355. The second kappa shape index (κ2) is 7.89. The Morgan fingerprint density at radius 2 is 1.62 bits per heavy atom. The Labute approximate surface area is 155 Å². The summed E-state index contributed by atoms with van der Waals surface area (Å²) in [4.78, 5) is 2.39. The lowest BCUT2D eigenvalue weighted by atomic mass is 10.1. The molecule has 0 saturated carbocycles. The van der Waals surface area contributed by atoms with Crippen LogP contribution in [0.1, 0.15) is 12.0 Å². The van der Waals surface area contributed by atoms with Crippen LogP contribution < -0.4 is 4.90 Å². The van der Waals surface area contributed by atoms with Crippen molar-refractivity contribution in [3.8, 4) is 0 Å². The molecule has 0 fully saturated rings. The van der Waals surface area contributed by atoms with Crippen molar-refractivity contribution in [3.63, 3.8) is 0 Å². The van der Waals surface area contributed by atoms with E-state index in [1.807, 2.05) is 67.5 Å². The number of hydrogen-bond donors (Lipinski definition) is 1. The molecule has 0 aliphatic heterocycles. The van der Waals surface area contributed by atoms with Crippen LogP contribution in [0.3, 0.4) is 0 Å². The SMILES string of the molecule is CN(C)c1cccc2c(S(=O)(O)=NCCCc3ccccc3)cccc12. The van der Waals surface area contributed by atoms with E-state index in [-0.39, 0.29) is 0 Å². The highest BCUT2D eigenvalue weighted by Gasteiger charge is 2.14. The molecule has 3 aromatic rings. The van der Waals surface area contributed by atoms with Gasteiger partial charge in [-0.3, -0.25) is 4.55 Å². The Morgan fingerprint density at radius 1 is 0.923 bits per heavy atom. The van der Waals surface area contributed by atoms with E-state index < -0.39 is 10.0 Å². The van der Waals surface area contributed by atoms with Gasteiger partial charge in [0.2, 0.25) is 0 Å². The zero-order valence-corrected chi connectivity index (χ0v) is 15.9. The van der Waals surface area contributed by atoms with Crippen LogP contribution >= 0.6 is 0 Å². The monoisotopic (exact) mass is 368 g/mol. The van der Waals surface area contributed by atoms with E-state index in [4.69, 9.17) is 0 Å². The van der Waals surface area contributed by atoms with Gasteiger partial charge in [-0.2, -0.15) is 0 Å². The summed E-state index contributed by atoms with van der Waals surface area (Å²) in [6, 6.07) is 21.4. The summed E-state index contributed by atoms with van der Waals surface area (Å²) in [6.07, 6.45) is 1.59. The average molecular weight is 369 g/mol. The molecule has 1 atom stereocenters. The van der Waals surface area contributed by atoms with Crippen molar-refractivity contribution in [1.29, 1.82) is 0 Å². The van der Waals surface area contributed by atoms with Gasteiger partial charge in [0.1, 0.15) is 0 Å². The molecular weight excluding hydrogens is 344 g/mol. The van der Waals surface area contributed by atoms with Crippen LogP contribution in [0.5, 0.6) is 0 Å². The first-order chi connectivity index (χ1) is 12.5. The van der Waals surface area contributed by atoms with Crippen molar-refractivity contribution in [2.24, 2.45) is 4.36 Å². The van der Waals surface area contributed by atoms with Gasteiger partial charge in [-0.15, -0.1) is 0 Å². The average Bonchev–Trinajstić information content (AvgIpc) is 2.65. The van der Waals surface area contributed by atoms with E-state index in [9.17, 15) is 8.76 Å². The van der Waals surface area contributed by atoms with E-state index in [0.29, 0.717) is 11.4 Å². The maximum absolute atomic E-state index is 12.9. The quantitative estimate of drug-likeness (QED) is 0.634. The molecule has 136 valence electrons. The third kappa shape index (κ3) is 4.06. The Hall–Kier alpha value is -2.37. The van der Waals surface area contributed by atoms with Crippen LogP contribution in [-0.2, 0) is 16.4 Å². The van der Waals surface area contributed by atoms with Gasteiger partial charge in [-0.25, -0.2) is 8.57 Å². The molecule has 1 N–H and O–H groups in total. The molecule has 0 aromatic heterocycles. The van der Waals surface area contributed by atoms with Crippen molar-refractivity contribution in [2.45, 2.75) is 17.7 Å². The normalized spacial score (nSPS) is 13.3. The summed E-state index contributed by atoms with van der Waals surface area (Å²) in [6.45, 7) is 0.355. The van der Waals surface area contributed by atoms with Gasteiger partial charge in [0.05, 0.1) is 11.4 Å². The van der Waals surface area contributed by atoms with Crippen LogP contribution in [0.2, 0.25) is 0 Å². The molecule has 0 aliphatic rings. The fourth-order valence-electron chi connectivity index (χ4n) is 3.07. The first-order valence-electron chi connectivity index (χ1n) is 8.67. The van der Waals surface area contributed by atoms with Crippen molar-refractivity contribution < 1.29 is 8.76 Å². The highest BCUT2D eigenvalue weighted by atomic mass is 32.2. The molecular formula is C21H24N2O2S. The molecule has 0 radical (unpaired) electrons. The minimum Gasteiger partial charge on any atom is -0.377 e. The second-order valence-electron chi connectivity index (χ2n) is 6.46. The second-order valence-corrected chi connectivity index (χ2v) is 8.15. The largest absolute Gasteiger partial charge is 0.377 e. The maximum atomic E-state index is 12.9. The first-order valence-corrected chi connectivity index (χ1v) is 10.1. The summed E-state index contributed by atoms with van der Waals surface area (Å²) in [5.74, 6) is 0. The molecule has 0 amide bonds. The van der Waals surface area contributed by atoms with E-state index in [2.05, 4.69) is 16.5 Å². The fraction of sp³-hybridized carbons (Fsp3) is 0.238. The van der Waals surface area contributed by atoms with Crippen LogP contribution in [0.4, 0.5) is 5.69 Å². The Morgan fingerprint density at radius 3 is 2.35 bits per heavy atom. The molecule has 0 saturated heterocycles. The molecule has 0 heterocycles. The van der Waals surface area contributed by atoms with Gasteiger partial charge in [0, 0.05) is 30.6 Å². The Kier molecular flexibility index (Phi) is 5.59. The van der Waals surface area contributed by atoms with Crippen LogP contribution in [0.25, 0.3) is 10.8 Å². The summed E-state index contributed by atoms with van der Waals surface area (Å²) >= 11 is 0.